The Kier molecular flexibility index (Phi) is 6.28. The second kappa shape index (κ2) is 10.3. The minimum Gasteiger partial charge on any atom is -0.451 e. The number of anilines is 2. The zero-order chi connectivity index (χ0) is 27.9. The van der Waals surface area contributed by atoms with E-state index < -0.39 is 17.2 Å². The third-order valence-electron chi connectivity index (χ3n) is 7.57. The summed E-state index contributed by atoms with van der Waals surface area (Å²) in [6, 6.07) is 22.5. The molecule has 0 bridgehead atoms. The van der Waals surface area contributed by atoms with Crippen LogP contribution in [0.25, 0.3) is 27.4 Å². The van der Waals surface area contributed by atoms with E-state index in [9.17, 15) is 9.59 Å². The van der Waals surface area contributed by atoms with Gasteiger partial charge in [-0.1, -0.05) is 48.5 Å². The second-order valence-electron chi connectivity index (χ2n) is 10.1. The fourth-order valence-electron chi connectivity index (χ4n) is 5.58. The zero-order valence-corrected chi connectivity index (χ0v) is 22.2. The molecule has 2 aliphatic heterocycles. The van der Waals surface area contributed by atoms with Crippen molar-refractivity contribution in [2.75, 3.05) is 50.0 Å². The lowest BCUT2D eigenvalue weighted by atomic mass is 10.0. The Morgan fingerprint density at radius 2 is 1.66 bits per heavy atom. The summed E-state index contributed by atoms with van der Waals surface area (Å²) in [5.41, 5.74) is 1.68. The van der Waals surface area contributed by atoms with E-state index in [0.717, 1.165) is 16.5 Å². The van der Waals surface area contributed by atoms with Crippen LogP contribution < -0.4 is 20.8 Å². The highest BCUT2D eigenvalue weighted by molar-refractivity contribution is 6.04. The number of carbonyl (C=O) groups excluding carboxylic acids is 1. The van der Waals surface area contributed by atoms with E-state index in [-0.39, 0.29) is 22.4 Å². The number of aromatic nitrogens is 1. The van der Waals surface area contributed by atoms with Gasteiger partial charge in [-0.3, -0.25) is 9.59 Å². The van der Waals surface area contributed by atoms with Gasteiger partial charge in [0.1, 0.15) is 16.8 Å². The minimum absolute atomic E-state index is 0.0155. The quantitative estimate of drug-likeness (QED) is 0.271. The van der Waals surface area contributed by atoms with Gasteiger partial charge in [-0.05, 0) is 29.7 Å². The van der Waals surface area contributed by atoms with Crippen LogP contribution in [-0.2, 0) is 4.74 Å². The molecule has 1 fully saturated rings. The summed E-state index contributed by atoms with van der Waals surface area (Å²) in [5.74, 6) is -0.309. The first-order valence-electron chi connectivity index (χ1n) is 13.6. The molecule has 2 aliphatic rings. The van der Waals surface area contributed by atoms with Gasteiger partial charge in [-0.2, -0.15) is 0 Å². The second-order valence-corrected chi connectivity index (χ2v) is 10.1. The van der Waals surface area contributed by atoms with Gasteiger partial charge in [-0.15, -0.1) is 0 Å². The smallest absolute Gasteiger partial charge is 0.259 e. The molecule has 0 saturated carbocycles. The number of amides is 1. The molecule has 1 aromatic heterocycles. The Bertz CT molecular complexity index is 1870. The maximum Gasteiger partial charge on any atom is 0.259 e. The molecule has 0 spiro atoms. The van der Waals surface area contributed by atoms with Crippen molar-refractivity contribution in [1.29, 1.82) is 0 Å². The van der Waals surface area contributed by atoms with Crippen molar-refractivity contribution in [2.45, 2.75) is 0 Å². The van der Waals surface area contributed by atoms with Gasteiger partial charge in [0.05, 0.1) is 24.3 Å². The lowest BCUT2D eigenvalue weighted by molar-refractivity contribution is 0.0302. The average Bonchev–Trinajstić information content (AvgIpc) is 3.02. The van der Waals surface area contributed by atoms with Gasteiger partial charge in [0.15, 0.2) is 17.3 Å². The molecule has 2 N–H and O–H groups in total. The molecular weight excluding hydrogens is 523 g/mol. The lowest BCUT2D eigenvalue weighted by Gasteiger charge is -2.29. The van der Waals surface area contributed by atoms with Gasteiger partial charge in [0.25, 0.3) is 5.91 Å². The zero-order valence-electron chi connectivity index (χ0n) is 22.2. The van der Waals surface area contributed by atoms with Crippen LogP contribution in [0, 0.1) is 5.82 Å². The topological polar surface area (TPSA) is 84.8 Å². The number of carbonyl (C=O) groups is 1. The summed E-state index contributed by atoms with van der Waals surface area (Å²) in [4.78, 5) is 28.9. The maximum atomic E-state index is 15.7. The summed E-state index contributed by atoms with van der Waals surface area (Å²) in [5, 5.41) is 8.41. The largest absolute Gasteiger partial charge is 0.451 e. The Balaban J connectivity index is 1.38. The summed E-state index contributed by atoms with van der Waals surface area (Å²) < 4.78 is 29.3. The SMILES string of the molecule is O=C(c1cn2c3c(c(NCCNc4ccccc4)c(F)cc3c1=O)Oc1ccc3ccccc3c1-2)N1CCOCC1. The number of pyridine rings is 1. The number of fused-ring (bicyclic) bond motifs is 4. The van der Waals surface area contributed by atoms with E-state index in [1.807, 2.05) is 71.3 Å². The number of para-hydroxylation sites is 1. The molecule has 0 radical (unpaired) electrons. The number of nitrogens with zero attached hydrogens (tertiary/aromatic N) is 2. The van der Waals surface area contributed by atoms with Gasteiger partial charge >= 0.3 is 0 Å². The third kappa shape index (κ3) is 4.35. The molecule has 9 heteroatoms. The molecule has 0 unspecified atom stereocenters. The van der Waals surface area contributed by atoms with E-state index in [2.05, 4.69) is 10.6 Å². The Morgan fingerprint density at radius 1 is 0.902 bits per heavy atom. The first-order chi connectivity index (χ1) is 20.1. The highest BCUT2D eigenvalue weighted by Gasteiger charge is 2.31. The lowest BCUT2D eigenvalue weighted by Crippen LogP contribution is -2.42. The van der Waals surface area contributed by atoms with Gasteiger partial charge < -0.3 is 29.6 Å². The van der Waals surface area contributed by atoms with Crippen LogP contribution in [0.4, 0.5) is 15.8 Å². The number of hydrogen-bond acceptors (Lipinski definition) is 6. The van der Waals surface area contributed by atoms with Crippen LogP contribution in [0.3, 0.4) is 0 Å². The van der Waals surface area contributed by atoms with Crippen LogP contribution in [-0.4, -0.2) is 54.8 Å². The number of halogens is 1. The number of ether oxygens (including phenoxy) is 2. The van der Waals surface area contributed by atoms with Crippen molar-refractivity contribution < 1.29 is 18.7 Å². The number of rotatable bonds is 6. The molecule has 1 saturated heterocycles. The molecule has 41 heavy (non-hydrogen) atoms. The van der Waals surface area contributed by atoms with E-state index >= 15 is 4.39 Å². The van der Waals surface area contributed by atoms with E-state index in [1.54, 1.807) is 11.1 Å². The molecule has 4 aromatic carbocycles. The maximum absolute atomic E-state index is 15.7. The van der Waals surface area contributed by atoms with Crippen LogP contribution in [0.5, 0.6) is 11.5 Å². The Morgan fingerprint density at radius 3 is 2.49 bits per heavy atom. The number of nitrogens with one attached hydrogen (secondary N) is 2. The van der Waals surface area contributed by atoms with E-state index in [1.165, 1.54) is 6.07 Å². The predicted molar refractivity (Wildman–Crippen MR) is 157 cm³/mol. The van der Waals surface area contributed by atoms with Gasteiger partial charge in [0, 0.05) is 43.4 Å². The van der Waals surface area contributed by atoms with Crippen molar-refractivity contribution in [3.8, 4) is 17.2 Å². The van der Waals surface area contributed by atoms with Crippen molar-refractivity contribution in [2.24, 2.45) is 0 Å². The van der Waals surface area contributed by atoms with Crippen molar-refractivity contribution in [3.63, 3.8) is 0 Å². The highest BCUT2D eigenvalue weighted by atomic mass is 19.1. The molecule has 1 amide bonds. The molecule has 5 aromatic rings. The van der Waals surface area contributed by atoms with Crippen LogP contribution >= 0.6 is 0 Å². The fourth-order valence-corrected chi connectivity index (χ4v) is 5.58. The van der Waals surface area contributed by atoms with Crippen molar-refractivity contribution >= 4 is 39.0 Å². The molecule has 8 nitrogen and oxygen atoms in total. The average molecular weight is 551 g/mol. The van der Waals surface area contributed by atoms with Crippen LogP contribution in [0.1, 0.15) is 10.4 Å². The Hall–Kier alpha value is -4.89. The van der Waals surface area contributed by atoms with Crippen LogP contribution in [0.15, 0.2) is 83.8 Å². The van der Waals surface area contributed by atoms with Crippen molar-refractivity contribution in [1.82, 2.24) is 9.47 Å². The minimum atomic E-state index is -0.629. The van der Waals surface area contributed by atoms with E-state index in [0.29, 0.717) is 56.3 Å². The van der Waals surface area contributed by atoms with Gasteiger partial charge in [0.2, 0.25) is 5.43 Å². The molecule has 206 valence electrons. The highest BCUT2D eigenvalue weighted by Crippen LogP contribution is 2.47. The standard InChI is InChI=1S/C32H27FN4O4/c33-25-18-23-29-31(27(25)35-13-12-34-21-7-2-1-3-8-21)41-26-11-10-20-6-4-5-9-22(20)28(26)37(29)19-24(30(23)38)32(39)36-14-16-40-17-15-36/h1-11,18-19,34-35H,12-17H2. The molecule has 0 aliphatic carbocycles. The summed E-state index contributed by atoms with van der Waals surface area (Å²) in [6.07, 6.45) is 1.58. The van der Waals surface area contributed by atoms with Gasteiger partial charge in [-0.25, -0.2) is 4.39 Å². The predicted octanol–water partition coefficient (Wildman–Crippen LogP) is 5.39. The fraction of sp³-hybridized carbons (Fsp3) is 0.188. The summed E-state index contributed by atoms with van der Waals surface area (Å²) in [6.45, 7) is 2.51. The normalized spacial score (nSPS) is 14.0. The number of hydrogen-bond donors (Lipinski definition) is 2. The van der Waals surface area contributed by atoms with E-state index in [4.69, 9.17) is 9.47 Å². The summed E-state index contributed by atoms with van der Waals surface area (Å²) >= 11 is 0. The molecular formula is C32H27FN4O4. The monoisotopic (exact) mass is 550 g/mol. The first-order valence-corrected chi connectivity index (χ1v) is 13.6. The molecule has 7 rings (SSSR count). The summed E-state index contributed by atoms with van der Waals surface area (Å²) in [7, 11) is 0. The third-order valence-corrected chi connectivity index (χ3v) is 7.57. The molecule has 0 atom stereocenters. The molecule has 3 heterocycles. The number of benzene rings is 4. The number of morpholine rings is 1. The van der Waals surface area contributed by atoms with Crippen molar-refractivity contribution in [3.05, 3.63) is 101 Å². The van der Waals surface area contributed by atoms with Crippen LogP contribution in [0.2, 0.25) is 0 Å². The Labute approximate surface area is 234 Å². The first kappa shape index (κ1) is 25.1.